The first kappa shape index (κ1) is 14.1. The third-order valence-corrected chi connectivity index (χ3v) is 4.29. The average Bonchev–Trinajstić information content (AvgIpc) is 2.34. The SMILES string of the molecule is COC1CCC(Nc2c(Cl)cc(F)cc2Br)CC1. The summed E-state index contributed by atoms with van der Waals surface area (Å²) in [4.78, 5) is 0. The fourth-order valence-corrected chi connectivity index (χ4v) is 3.25. The number of rotatable bonds is 3. The van der Waals surface area contributed by atoms with Crippen molar-refractivity contribution in [2.75, 3.05) is 12.4 Å². The minimum Gasteiger partial charge on any atom is -0.381 e. The van der Waals surface area contributed by atoms with Crippen molar-refractivity contribution in [2.24, 2.45) is 0 Å². The van der Waals surface area contributed by atoms with Gasteiger partial charge in [0.1, 0.15) is 5.82 Å². The zero-order chi connectivity index (χ0) is 13.1. The lowest BCUT2D eigenvalue weighted by molar-refractivity contribution is 0.0682. The molecule has 0 atom stereocenters. The van der Waals surface area contributed by atoms with Crippen molar-refractivity contribution in [2.45, 2.75) is 37.8 Å². The second-order valence-electron chi connectivity index (χ2n) is 4.60. The van der Waals surface area contributed by atoms with Gasteiger partial charge in [-0.25, -0.2) is 4.39 Å². The van der Waals surface area contributed by atoms with E-state index in [2.05, 4.69) is 21.2 Å². The molecule has 1 aromatic rings. The molecule has 1 aromatic carbocycles. The first-order valence-corrected chi connectivity index (χ1v) is 7.21. The molecular formula is C13H16BrClFNO. The molecule has 0 amide bonds. The molecule has 0 unspecified atom stereocenters. The molecule has 1 aliphatic rings. The van der Waals surface area contributed by atoms with Crippen LogP contribution in [-0.4, -0.2) is 19.3 Å². The van der Waals surface area contributed by atoms with Gasteiger partial charge in [-0.15, -0.1) is 0 Å². The van der Waals surface area contributed by atoms with E-state index in [-0.39, 0.29) is 5.82 Å². The summed E-state index contributed by atoms with van der Waals surface area (Å²) in [5.74, 6) is -0.333. The van der Waals surface area contributed by atoms with Gasteiger partial charge in [-0.05, 0) is 53.7 Å². The molecule has 5 heteroatoms. The lowest BCUT2D eigenvalue weighted by Gasteiger charge is -2.29. The van der Waals surface area contributed by atoms with Gasteiger partial charge >= 0.3 is 0 Å². The standard InChI is InChI=1S/C13H16BrClFNO/c1-18-10-4-2-9(3-5-10)17-13-11(14)6-8(16)7-12(13)15/h6-7,9-10,17H,2-5H2,1H3. The first-order chi connectivity index (χ1) is 8.60. The number of ether oxygens (including phenoxy) is 1. The summed E-state index contributed by atoms with van der Waals surface area (Å²) in [5, 5.41) is 3.80. The molecule has 1 saturated carbocycles. The summed E-state index contributed by atoms with van der Waals surface area (Å²) in [7, 11) is 1.76. The van der Waals surface area contributed by atoms with E-state index in [0.717, 1.165) is 31.4 Å². The predicted molar refractivity (Wildman–Crippen MR) is 75.8 cm³/mol. The molecule has 18 heavy (non-hydrogen) atoms. The van der Waals surface area contributed by atoms with Crippen LogP contribution in [0.4, 0.5) is 10.1 Å². The maximum absolute atomic E-state index is 13.1. The molecule has 0 aliphatic heterocycles. The van der Waals surface area contributed by atoms with Gasteiger partial charge in [-0.2, -0.15) is 0 Å². The van der Waals surface area contributed by atoms with Crippen LogP contribution in [0.3, 0.4) is 0 Å². The molecule has 100 valence electrons. The summed E-state index contributed by atoms with van der Waals surface area (Å²) >= 11 is 9.39. The highest BCUT2D eigenvalue weighted by Crippen LogP contribution is 2.34. The van der Waals surface area contributed by atoms with E-state index in [0.29, 0.717) is 21.6 Å². The first-order valence-electron chi connectivity index (χ1n) is 6.04. The van der Waals surface area contributed by atoms with Crippen molar-refractivity contribution in [3.05, 3.63) is 27.4 Å². The Labute approximate surface area is 120 Å². The summed E-state index contributed by atoms with van der Waals surface area (Å²) in [6.07, 6.45) is 4.54. The quantitative estimate of drug-likeness (QED) is 0.870. The Kier molecular flexibility index (Phi) is 4.87. The highest BCUT2D eigenvalue weighted by Gasteiger charge is 2.22. The lowest BCUT2D eigenvalue weighted by Crippen LogP contribution is -2.29. The highest BCUT2D eigenvalue weighted by atomic mass is 79.9. The van der Waals surface area contributed by atoms with Crippen molar-refractivity contribution in [3.63, 3.8) is 0 Å². The van der Waals surface area contributed by atoms with Gasteiger partial charge in [-0.3, -0.25) is 0 Å². The van der Waals surface area contributed by atoms with E-state index in [1.165, 1.54) is 12.1 Å². The number of hydrogen-bond donors (Lipinski definition) is 1. The van der Waals surface area contributed by atoms with Gasteiger partial charge in [0, 0.05) is 17.6 Å². The van der Waals surface area contributed by atoms with Crippen molar-refractivity contribution in [1.29, 1.82) is 0 Å². The Morgan fingerprint density at radius 3 is 2.56 bits per heavy atom. The maximum atomic E-state index is 13.1. The molecule has 1 fully saturated rings. The molecule has 0 heterocycles. The molecule has 0 radical (unpaired) electrons. The second-order valence-corrected chi connectivity index (χ2v) is 5.86. The minimum atomic E-state index is -0.333. The summed E-state index contributed by atoms with van der Waals surface area (Å²) in [6, 6.07) is 3.13. The van der Waals surface area contributed by atoms with Gasteiger partial charge in [0.25, 0.3) is 0 Å². The summed E-state index contributed by atoms with van der Waals surface area (Å²) in [5.41, 5.74) is 0.777. The number of benzene rings is 1. The summed E-state index contributed by atoms with van der Waals surface area (Å²) < 4.78 is 19.1. The Bertz CT molecular complexity index is 398. The third-order valence-electron chi connectivity index (χ3n) is 3.36. The molecule has 2 nitrogen and oxygen atoms in total. The van der Waals surface area contributed by atoms with E-state index in [4.69, 9.17) is 16.3 Å². The van der Waals surface area contributed by atoms with Crippen LogP contribution in [0.5, 0.6) is 0 Å². The Balaban J connectivity index is 2.02. The maximum Gasteiger partial charge on any atom is 0.125 e. The van der Waals surface area contributed by atoms with E-state index in [1.807, 2.05) is 0 Å². The van der Waals surface area contributed by atoms with E-state index in [9.17, 15) is 4.39 Å². The zero-order valence-corrected chi connectivity index (χ0v) is 12.5. The van der Waals surface area contributed by atoms with Crippen LogP contribution >= 0.6 is 27.5 Å². The second kappa shape index (κ2) is 6.22. The monoisotopic (exact) mass is 335 g/mol. The van der Waals surface area contributed by atoms with E-state index >= 15 is 0 Å². The van der Waals surface area contributed by atoms with Gasteiger partial charge in [0.05, 0.1) is 16.8 Å². The molecular weight excluding hydrogens is 321 g/mol. The number of hydrogen-bond acceptors (Lipinski definition) is 2. The molecule has 0 bridgehead atoms. The number of halogens is 3. The number of methoxy groups -OCH3 is 1. The average molecular weight is 337 g/mol. The van der Waals surface area contributed by atoms with E-state index in [1.54, 1.807) is 7.11 Å². The topological polar surface area (TPSA) is 21.3 Å². The fourth-order valence-electron chi connectivity index (χ4n) is 2.33. The Hall–Kier alpha value is -0.320. The van der Waals surface area contributed by atoms with Crippen LogP contribution in [-0.2, 0) is 4.74 Å². The Morgan fingerprint density at radius 1 is 1.33 bits per heavy atom. The normalized spacial score (nSPS) is 24.0. The van der Waals surface area contributed by atoms with Gasteiger partial charge in [0.15, 0.2) is 0 Å². The molecule has 1 aliphatic carbocycles. The molecule has 0 saturated heterocycles. The molecule has 2 rings (SSSR count). The smallest absolute Gasteiger partial charge is 0.125 e. The van der Waals surface area contributed by atoms with Gasteiger partial charge in [0.2, 0.25) is 0 Å². The van der Waals surface area contributed by atoms with Crippen molar-refractivity contribution in [1.82, 2.24) is 0 Å². The van der Waals surface area contributed by atoms with Gasteiger partial charge in [-0.1, -0.05) is 11.6 Å². The highest BCUT2D eigenvalue weighted by molar-refractivity contribution is 9.10. The van der Waals surface area contributed by atoms with Crippen molar-refractivity contribution in [3.8, 4) is 0 Å². The van der Waals surface area contributed by atoms with E-state index < -0.39 is 0 Å². The van der Waals surface area contributed by atoms with Crippen molar-refractivity contribution >= 4 is 33.2 Å². The lowest BCUT2D eigenvalue weighted by atomic mass is 9.93. The summed E-state index contributed by atoms with van der Waals surface area (Å²) in [6.45, 7) is 0. The zero-order valence-electron chi connectivity index (χ0n) is 10.2. The van der Waals surface area contributed by atoms with Gasteiger partial charge < -0.3 is 10.1 Å². The fraction of sp³-hybridized carbons (Fsp3) is 0.538. The van der Waals surface area contributed by atoms with Crippen LogP contribution in [0.1, 0.15) is 25.7 Å². The third kappa shape index (κ3) is 3.37. The predicted octanol–water partition coefficient (Wildman–Crippen LogP) is 4.61. The number of anilines is 1. The molecule has 1 N–H and O–H groups in total. The number of nitrogens with one attached hydrogen (secondary N) is 1. The van der Waals surface area contributed by atoms with Crippen LogP contribution < -0.4 is 5.32 Å². The minimum absolute atomic E-state index is 0.333. The van der Waals surface area contributed by atoms with Crippen LogP contribution in [0.25, 0.3) is 0 Å². The molecule has 0 spiro atoms. The van der Waals surface area contributed by atoms with Crippen molar-refractivity contribution < 1.29 is 9.13 Å². The van der Waals surface area contributed by atoms with Crippen LogP contribution in [0.15, 0.2) is 16.6 Å². The molecule has 0 aromatic heterocycles. The Morgan fingerprint density at radius 2 is 2.00 bits per heavy atom. The van der Waals surface area contributed by atoms with Crippen LogP contribution in [0, 0.1) is 5.82 Å². The largest absolute Gasteiger partial charge is 0.381 e. The van der Waals surface area contributed by atoms with Crippen LogP contribution in [0.2, 0.25) is 5.02 Å².